The van der Waals surface area contributed by atoms with Crippen molar-refractivity contribution in [3.05, 3.63) is 35.4 Å². The van der Waals surface area contributed by atoms with E-state index in [9.17, 15) is 5.11 Å². The minimum absolute atomic E-state index is 0.227. The number of benzene rings is 1. The Hall–Kier alpha value is -0.380. The van der Waals surface area contributed by atoms with Crippen LogP contribution in [-0.4, -0.2) is 16.0 Å². The highest BCUT2D eigenvalue weighted by Crippen LogP contribution is 2.67. The lowest BCUT2D eigenvalue weighted by molar-refractivity contribution is -0.0502. The Morgan fingerprint density at radius 1 is 1.05 bits per heavy atom. The summed E-state index contributed by atoms with van der Waals surface area (Å²) >= 11 is 3.87. The first kappa shape index (κ1) is 11.3. The van der Waals surface area contributed by atoms with Crippen molar-refractivity contribution < 1.29 is 9.84 Å². The Kier molecular flexibility index (Phi) is 2.16. The molecule has 6 rings (SSSR count). The van der Waals surface area contributed by atoms with Crippen LogP contribution in [0.25, 0.3) is 0 Å². The molecule has 0 amide bonds. The van der Waals surface area contributed by atoms with Crippen LogP contribution in [0.3, 0.4) is 0 Å². The van der Waals surface area contributed by atoms with Gasteiger partial charge in [0.05, 0.1) is 18.3 Å². The topological polar surface area (TPSA) is 29.5 Å². The van der Waals surface area contributed by atoms with E-state index in [1.165, 1.54) is 18.4 Å². The fourth-order valence-corrected chi connectivity index (χ4v) is 6.54. The number of alkyl halides is 1. The molecule has 1 aliphatic heterocycles. The lowest BCUT2D eigenvalue weighted by Gasteiger charge is -2.53. The Balaban J connectivity index is 1.74. The highest BCUT2D eigenvalue weighted by atomic mass is 79.9. The van der Waals surface area contributed by atoms with Gasteiger partial charge in [-0.3, -0.25) is 0 Å². The molecule has 1 saturated heterocycles. The molecule has 1 aromatic rings. The molecule has 19 heavy (non-hydrogen) atoms. The van der Waals surface area contributed by atoms with Crippen molar-refractivity contribution in [2.45, 2.75) is 36.0 Å². The fraction of sp³-hybridized carbons (Fsp3) is 0.625. The molecule has 3 heteroatoms. The van der Waals surface area contributed by atoms with Gasteiger partial charge in [0, 0.05) is 10.7 Å². The summed E-state index contributed by atoms with van der Waals surface area (Å²) in [5.74, 6) is 2.16. The molecule has 2 nitrogen and oxygen atoms in total. The van der Waals surface area contributed by atoms with Gasteiger partial charge >= 0.3 is 0 Å². The van der Waals surface area contributed by atoms with E-state index in [2.05, 4.69) is 34.1 Å². The maximum absolute atomic E-state index is 10.9. The second-order valence-corrected chi connectivity index (χ2v) is 7.66. The average molecular weight is 321 g/mol. The molecule has 1 heterocycles. The SMILES string of the molecule is OC1c2ccccc2C2OC3C(Br)C4CCC3C2C14. The summed E-state index contributed by atoms with van der Waals surface area (Å²) < 4.78 is 6.42. The van der Waals surface area contributed by atoms with Crippen molar-refractivity contribution in [2.24, 2.45) is 23.7 Å². The zero-order valence-electron chi connectivity index (χ0n) is 10.6. The van der Waals surface area contributed by atoms with E-state index >= 15 is 0 Å². The summed E-state index contributed by atoms with van der Waals surface area (Å²) in [6.07, 6.45) is 2.82. The number of aliphatic hydroxyl groups is 1. The molecule has 0 aromatic heterocycles. The van der Waals surface area contributed by atoms with Gasteiger partial charge in [-0.2, -0.15) is 0 Å². The third kappa shape index (κ3) is 1.21. The predicted molar refractivity (Wildman–Crippen MR) is 74.9 cm³/mol. The van der Waals surface area contributed by atoms with Crippen LogP contribution >= 0.6 is 15.9 Å². The van der Waals surface area contributed by atoms with E-state index in [-0.39, 0.29) is 12.2 Å². The monoisotopic (exact) mass is 320 g/mol. The van der Waals surface area contributed by atoms with E-state index in [0.29, 0.717) is 34.6 Å². The van der Waals surface area contributed by atoms with E-state index in [1.807, 2.05) is 6.07 Å². The summed E-state index contributed by atoms with van der Waals surface area (Å²) in [5.41, 5.74) is 2.35. The van der Waals surface area contributed by atoms with Crippen molar-refractivity contribution >= 4 is 15.9 Å². The van der Waals surface area contributed by atoms with Gasteiger partial charge in [-0.05, 0) is 41.7 Å². The van der Waals surface area contributed by atoms with Crippen LogP contribution < -0.4 is 0 Å². The smallest absolute Gasteiger partial charge is 0.0868 e. The summed E-state index contributed by atoms with van der Waals surface area (Å²) in [5, 5.41) is 10.9. The molecular weight excluding hydrogens is 304 g/mol. The van der Waals surface area contributed by atoms with Gasteiger partial charge in [0.2, 0.25) is 0 Å². The minimum Gasteiger partial charge on any atom is -0.388 e. The molecule has 8 unspecified atom stereocenters. The Bertz CT molecular complexity index is 545. The zero-order valence-corrected chi connectivity index (χ0v) is 12.2. The summed E-state index contributed by atoms with van der Waals surface area (Å²) in [4.78, 5) is 0.432. The maximum atomic E-state index is 10.9. The first-order valence-corrected chi connectivity index (χ1v) is 8.25. The Morgan fingerprint density at radius 3 is 2.63 bits per heavy atom. The summed E-state index contributed by atoms with van der Waals surface area (Å²) in [6, 6.07) is 8.34. The number of aliphatic hydroxyl groups excluding tert-OH is 1. The second kappa shape index (κ2) is 3.63. The molecule has 4 bridgehead atoms. The molecule has 4 aliphatic carbocycles. The lowest BCUT2D eigenvalue weighted by atomic mass is 9.53. The fourth-order valence-electron chi connectivity index (χ4n) is 5.41. The zero-order chi connectivity index (χ0) is 12.7. The first-order chi connectivity index (χ1) is 9.27. The van der Waals surface area contributed by atoms with Crippen molar-refractivity contribution in [3.8, 4) is 0 Å². The van der Waals surface area contributed by atoms with Crippen LogP contribution in [0.4, 0.5) is 0 Å². The number of hydrogen-bond donors (Lipinski definition) is 1. The van der Waals surface area contributed by atoms with E-state index in [0.717, 1.165) is 5.56 Å². The van der Waals surface area contributed by atoms with E-state index in [1.54, 1.807) is 0 Å². The Labute approximate surface area is 121 Å². The number of ether oxygens (including phenoxy) is 1. The van der Waals surface area contributed by atoms with E-state index in [4.69, 9.17) is 4.74 Å². The van der Waals surface area contributed by atoms with Gasteiger partial charge in [-0.1, -0.05) is 40.2 Å². The van der Waals surface area contributed by atoms with Gasteiger partial charge < -0.3 is 9.84 Å². The van der Waals surface area contributed by atoms with Crippen molar-refractivity contribution in [1.82, 2.24) is 0 Å². The average Bonchev–Trinajstić information content (AvgIpc) is 2.81. The normalized spacial score (nSPS) is 53.2. The van der Waals surface area contributed by atoms with Gasteiger partial charge in [-0.25, -0.2) is 0 Å². The third-order valence-corrected chi connectivity index (χ3v) is 7.25. The summed E-state index contributed by atoms with van der Waals surface area (Å²) in [6.45, 7) is 0. The van der Waals surface area contributed by atoms with Gasteiger partial charge in [0.1, 0.15) is 0 Å². The van der Waals surface area contributed by atoms with Crippen LogP contribution in [0, 0.1) is 23.7 Å². The standard InChI is InChI=1S/C16H17BrO2/c17-13-9-5-6-10-12-11(9)14(18)7-3-1-2-4-8(7)15(12)19-16(10)13/h1-4,9-16,18H,5-6H2. The van der Waals surface area contributed by atoms with Crippen LogP contribution in [0.15, 0.2) is 24.3 Å². The van der Waals surface area contributed by atoms with Crippen LogP contribution in [0.2, 0.25) is 0 Å². The molecule has 0 spiro atoms. The number of hydrogen-bond acceptors (Lipinski definition) is 2. The van der Waals surface area contributed by atoms with Gasteiger partial charge in [0.25, 0.3) is 0 Å². The number of halogens is 1. The molecular formula is C16H17BrO2. The first-order valence-electron chi connectivity index (χ1n) is 7.34. The molecule has 0 radical (unpaired) electrons. The number of rotatable bonds is 0. The van der Waals surface area contributed by atoms with Crippen molar-refractivity contribution in [2.75, 3.05) is 0 Å². The summed E-state index contributed by atoms with van der Waals surface area (Å²) in [7, 11) is 0. The van der Waals surface area contributed by atoms with Crippen LogP contribution in [0.5, 0.6) is 0 Å². The number of fused-ring (bicyclic) bond motifs is 3. The largest absolute Gasteiger partial charge is 0.388 e. The quantitative estimate of drug-likeness (QED) is 0.744. The highest BCUT2D eigenvalue weighted by Gasteiger charge is 2.64. The molecule has 3 saturated carbocycles. The lowest BCUT2D eigenvalue weighted by Crippen LogP contribution is -2.53. The highest BCUT2D eigenvalue weighted by molar-refractivity contribution is 9.09. The van der Waals surface area contributed by atoms with Crippen molar-refractivity contribution in [1.29, 1.82) is 0 Å². The van der Waals surface area contributed by atoms with Gasteiger partial charge in [-0.15, -0.1) is 0 Å². The molecule has 5 aliphatic rings. The van der Waals surface area contributed by atoms with Crippen molar-refractivity contribution in [3.63, 3.8) is 0 Å². The molecule has 1 aromatic carbocycles. The van der Waals surface area contributed by atoms with Gasteiger partial charge in [0.15, 0.2) is 0 Å². The molecule has 1 N–H and O–H groups in total. The molecule has 100 valence electrons. The molecule has 8 atom stereocenters. The maximum Gasteiger partial charge on any atom is 0.0868 e. The second-order valence-electron chi connectivity index (χ2n) is 6.60. The van der Waals surface area contributed by atoms with Crippen LogP contribution in [0.1, 0.15) is 36.2 Å². The van der Waals surface area contributed by atoms with Crippen LogP contribution in [-0.2, 0) is 4.74 Å². The predicted octanol–water partition coefficient (Wildman–Crippen LogP) is 3.21. The minimum atomic E-state index is -0.298. The Morgan fingerprint density at radius 2 is 1.79 bits per heavy atom. The third-order valence-electron chi connectivity index (χ3n) is 6.05. The van der Waals surface area contributed by atoms with E-state index < -0.39 is 0 Å². The molecule has 4 fully saturated rings.